The van der Waals surface area contributed by atoms with E-state index in [-0.39, 0.29) is 23.7 Å². The lowest BCUT2D eigenvalue weighted by Crippen LogP contribution is -2.10. The number of hydrogen-bond acceptors (Lipinski definition) is 6. The molecule has 1 unspecified atom stereocenters. The van der Waals surface area contributed by atoms with E-state index in [9.17, 15) is 25.3 Å². The second-order valence-corrected chi connectivity index (χ2v) is 4.89. The molecular formula is C15H14N2O6. The van der Waals surface area contributed by atoms with Crippen LogP contribution in [0.2, 0.25) is 0 Å². The molecule has 0 heterocycles. The summed E-state index contributed by atoms with van der Waals surface area (Å²) < 4.78 is 5.42. The van der Waals surface area contributed by atoms with Crippen molar-refractivity contribution in [2.75, 3.05) is 6.61 Å². The van der Waals surface area contributed by atoms with E-state index in [0.29, 0.717) is 11.1 Å². The van der Waals surface area contributed by atoms with E-state index in [4.69, 9.17) is 4.74 Å². The number of aliphatic hydroxyl groups is 1. The lowest BCUT2D eigenvalue weighted by atomic mass is 10.1. The van der Waals surface area contributed by atoms with Crippen molar-refractivity contribution in [3.05, 3.63) is 73.8 Å². The minimum absolute atomic E-state index is 0.115. The highest BCUT2D eigenvalue weighted by atomic mass is 16.6. The zero-order valence-corrected chi connectivity index (χ0v) is 12.2. The van der Waals surface area contributed by atoms with E-state index in [1.54, 1.807) is 19.1 Å². The standard InChI is InChI=1S/C15H14N2O6/c1-10-5-6-13(17(21)22)8-15(10)23-9-14(18)11-3-2-4-12(7-11)16(19)20/h2-8,14,18H,9H2,1H3. The fraction of sp³-hybridized carbons (Fsp3) is 0.200. The molecule has 0 spiro atoms. The normalized spacial score (nSPS) is 11.7. The SMILES string of the molecule is Cc1ccc([N+](=O)[O-])cc1OCC(O)c1cccc([N+](=O)[O-])c1. The second-order valence-electron chi connectivity index (χ2n) is 4.89. The highest BCUT2D eigenvalue weighted by Crippen LogP contribution is 2.26. The number of nitro groups is 2. The zero-order valence-electron chi connectivity index (χ0n) is 12.2. The largest absolute Gasteiger partial charge is 0.490 e. The van der Waals surface area contributed by atoms with Crippen LogP contribution in [0.5, 0.6) is 5.75 Å². The van der Waals surface area contributed by atoms with Gasteiger partial charge in [0.15, 0.2) is 0 Å². The van der Waals surface area contributed by atoms with Crippen molar-refractivity contribution in [2.45, 2.75) is 13.0 Å². The van der Waals surface area contributed by atoms with E-state index in [1.807, 2.05) is 0 Å². The summed E-state index contributed by atoms with van der Waals surface area (Å²) in [6.07, 6.45) is -1.09. The van der Waals surface area contributed by atoms with E-state index < -0.39 is 16.0 Å². The molecule has 8 heteroatoms. The van der Waals surface area contributed by atoms with Crippen LogP contribution in [0.3, 0.4) is 0 Å². The van der Waals surface area contributed by atoms with Crippen LogP contribution in [0.1, 0.15) is 17.2 Å². The number of benzene rings is 2. The van der Waals surface area contributed by atoms with Crippen molar-refractivity contribution in [3.63, 3.8) is 0 Å². The average molecular weight is 318 g/mol. The van der Waals surface area contributed by atoms with Crippen molar-refractivity contribution in [3.8, 4) is 5.75 Å². The Balaban J connectivity index is 2.11. The quantitative estimate of drug-likeness (QED) is 0.646. The maximum Gasteiger partial charge on any atom is 0.273 e. The molecule has 0 fully saturated rings. The number of aryl methyl sites for hydroxylation is 1. The number of aliphatic hydroxyl groups excluding tert-OH is 1. The van der Waals surface area contributed by atoms with Crippen molar-refractivity contribution in [1.82, 2.24) is 0 Å². The van der Waals surface area contributed by atoms with Gasteiger partial charge >= 0.3 is 0 Å². The van der Waals surface area contributed by atoms with Crippen LogP contribution < -0.4 is 4.74 Å². The fourth-order valence-corrected chi connectivity index (χ4v) is 1.97. The van der Waals surface area contributed by atoms with Gasteiger partial charge in [0, 0.05) is 18.2 Å². The number of non-ortho nitro benzene ring substituents is 2. The molecule has 23 heavy (non-hydrogen) atoms. The molecule has 0 aliphatic heterocycles. The average Bonchev–Trinajstić information content (AvgIpc) is 2.53. The molecule has 0 radical (unpaired) electrons. The van der Waals surface area contributed by atoms with Crippen molar-refractivity contribution < 1.29 is 19.7 Å². The van der Waals surface area contributed by atoms with Gasteiger partial charge in [-0.3, -0.25) is 20.2 Å². The predicted octanol–water partition coefficient (Wildman–Crippen LogP) is 2.92. The molecule has 1 atom stereocenters. The monoisotopic (exact) mass is 318 g/mol. The third-order valence-corrected chi connectivity index (χ3v) is 3.25. The highest BCUT2D eigenvalue weighted by molar-refractivity contribution is 5.43. The van der Waals surface area contributed by atoms with Crippen LogP contribution in [0, 0.1) is 27.2 Å². The Kier molecular flexibility index (Phi) is 4.87. The number of nitrogens with zero attached hydrogens (tertiary/aromatic N) is 2. The highest BCUT2D eigenvalue weighted by Gasteiger charge is 2.15. The molecule has 2 aromatic rings. The molecule has 0 saturated carbocycles. The first-order chi connectivity index (χ1) is 10.9. The van der Waals surface area contributed by atoms with Crippen LogP contribution in [0.4, 0.5) is 11.4 Å². The van der Waals surface area contributed by atoms with Crippen LogP contribution >= 0.6 is 0 Å². The summed E-state index contributed by atoms with van der Waals surface area (Å²) in [6.45, 7) is 1.54. The number of rotatable bonds is 6. The summed E-state index contributed by atoms with van der Waals surface area (Å²) in [5.74, 6) is 0.281. The minimum Gasteiger partial charge on any atom is -0.490 e. The Morgan fingerprint density at radius 2 is 1.74 bits per heavy atom. The van der Waals surface area contributed by atoms with Gasteiger partial charge < -0.3 is 9.84 Å². The van der Waals surface area contributed by atoms with Gasteiger partial charge in [0.25, 0.3) is 11.4 Å². The van der Waals surface area contributed by atoms with Crippen molar-refractivity contribution in [1.29, 1.82) is 0 Å². The second kappa shape index (κ2) is 6.84. The summed E-state index contributed by atoms with van der Waals surface area (Å²) in [6, 6.07) is 9.77. The lowest BCUT2D eigenvalue weighted by Gasteiger charge is -2.14. The summed E-state index contributed by atoms with van der Waals surface area (Å²) in [5.41, 5.74) is 0.771. The molecule has 2 aromatic carbocycles. The molecule has 1 N–H and O–H groups in total. The van der Waals surface area contributed by atoms with Gasteiger partial charge in [0.05, 0.1) is 15.9 Å². The van der Waals surface area contributed by atoms with Gasteiger partial charge in [0.2, 0.25) is 0 Å². The van der Waals surface area contributed by atoms with Crippen molar-refractivity contribution >= 4 is 11.4 Å². The molecule has 0 aliphatic rings. The van der Waals surface area contributed by atoms with Gasteiger partial charge in [-0.15, -0.1) is 0 Å². The molecule has 0 bridgehead atoms. The first-order valence-electron chi connectivity index (χ1n) is 6.68. The van der Waals surface area contributed by atoms with Gasteiger partial charge in [-0.1, -0.05) is 12.1 Å². The molecular weight excluding hydrogens is 304 g/mol. The Hall–Kier alpha value is -3.00. The summed E-state index contributed by atoms with van der Waals surface area (Å²) in [5, 5.41) is 31.6. The van der Waals surface area contributed by atoms with Crippen LogP contribution in [0.15, 0.2) is 42.5 Å². The Morgan fingerprint density at radius 3 is 2.39 bits per heavy atom. The molecule has 8 nitrogen and oxygen atoms in total. The van der Waals surface area contributed by atoms with E-state index in [2.05, 4.69) is 0 Å². The summed E-state index contributed by atoms with van der Waals surface area (Å²) in [7, 11) is 0. The van der Waals surface area contributed by atoms with Gasteiger partial charge in [-0.25, -0.2) is 0 Å². The van der Waals surface area contributed by atoms with Crippen LogP contribution in [0.25, 0.3) is 0 Å². The van der Waals surface area contributed by atoms with Gasteiger partial charge in [-0.05, 0) is 24.1 Å². The smallest absolute Gasteiger partial charge is 0.273 e. The Morgan fingerprint density at radius 1 is 1.09 bits per heavy atom. The third kappa shape index (κ3) is 4.01. The Labute approximate surface area is 131 Å². The maximum atomic E-state index is 10.8. The molecule has 0 saturated heterocycles. The molecule has 0 aromatic heterocycles. The topological polar surface area (TPSA) is 116 Å². The number of nitro benzene ring substituents is 2. The van der Waals surface area contributed by atoms with E-state index in [1.165, 1.54) is 30.3 Å². The molecule has 0 amide bonds. The van der Waals surface area contributed by atoms with Gasteiger partial charge in [0.1, 0.15) is 18.5 Å². The van der Waals surface area contributed by atoms with E-state index >= 15 is 0 Å². The number of hydrogen-bond donors (Lipinski definition) is 1. The van der Waals surface area contributed by atoms with E-state index in [0.717, 1.165) is 0 Å². The predicted molar refractivity (Wildman–Crippen MR) is 81.4 cm³/mol. The number of ether oxygens (including phenoxy) is 1. The van der Waals surface area contributed by atoms with Crippen LogP contribution in [-0.2, 0) is 0 Å². The minimum atomic E-state index is -1.09. The zero-order chi connectivity index (χ0) is 17.0. The molecule has 0 aliphatic carbocycles. The lowest BCUT2D eigenvalue weighted by molar-refractivity contribution is -0.385. The fourth-order valence-electron chi connectivity index (χ4n) is 1.97. The molecule has 2 rings (SSSR count). The third-order valence-electron chi connectivity index (χ3n) is 3.25. The first kappa shape index (κ1) is 16.4. The van der Waals surface area contributed by atoms with Crippen LogP contribution in [-0.4, -0.2) is 21.6 Å². The Bertz CT molecular complexity index is 746. The first-order valence-corrected chi connectivity index (χ1v) is 6.68. The maximum absolute atomic E-state index is 10.8. The summed E-state index contributed by atoms with van der Waals surface area (Å²) >= 11 is 0. The van der Waals surface area contributed by atoms with Crippen molar-refractivity contribution in [2.24, 2.45) is 0 Å². The molecule has 120 valence electrons. The summed E-state index contributed by atoms with van der Waals surface area (Å²) in [4.78, 5) is 20.4. The van der Waals surface area contributed by atoms with Gasteiger partial charge in [-0.2, -0.15) is 0 Å².